The fraction of sp³-hybridized carbons (Fsp3) is 0.444. The molecular formula is C18H24N2O2S. The Hall–Kier alpha value is -1.56. The molecule has 0 saturated carbocycles. The Bertz CT molecular complexity index is 650. The number of nitrogens with zero attached hydrogens (tertiary/aromatic N) is 1. The van der Waals surface area contributed by atoms with Gasteiger partial charge in [0, 0.05) is 31.1 Å². The van der Waals surface area contributed by atoms with Crippen molar-refractivity contribution in [1.82, 2.24) is 10.2 Å². The highest BCUT2D eigenvalue weighted by Gasteiger charge is 2.27. The number of hydrogen-bond donors (Lipinski definition) is 1. The molecule has 1 aliphatic rings. The Morgan fingerprint density at radius 2 is 1.83 bits per heavy atom. The highest BCUT2D eigenvalue weighted by molar-refractivity contribution is 7.10. The Morgan fingerprint density at radius 3 is 2.43 bits per heavy atom. The molecule has 0 radical (unpaired) electrons. The SMILES string of the molecule is COc1ccc(C(c2sccc2C)N2CCNCC2)cc1OC. The third kappa shape index (κ3) is 3.37. The summed E-state index contributed by atoms with van der Waals surface area (Å²) < 4.78 is 10.9. The zero-order valence-corrected chi connectivity index (χ0v) is 14.8. The van der Waals surface area contributed by atoms with E-state index in [1.54, 1.807) is 14.2 Å². The normalized spacial score (nSPS) is 17.0. The molecule has 4 nitrogen and oxygen atoms in total. The van der Waals surface area contributed by atoms with Crippen LogP contribution in [0.15, 0.2) is 29.6 Å². The van der Waals surface area contributed by atoms with Gasteiger partial charge in [-0.15, -0.1) is 11.3 Å². The van der Waals surface area contributed by atoms with Crippen LogP contribution in [-0.4, -0.2) is 45.3 Å². The summed E-state index contributed by atoms with van der Waals surface area (Å²) in [4.78, 5) is 3.97. The summed E-state index contributed by atoms with van der Waals surface area (Å²) in [7, 11) is 3.37. The number of thiophene rings is 1. The molecule has 2 aromatic rings. The van der Waals surface area contributed by atoms with E-state index in [0.29, 0.717) is 0 Å². The standard InChI is InChI=1S/C18H24N2O2S/c1-13-6-11-23-18(13)17(20-9-7-19-8-10-20)14-4-5-15(21-2)16(12-14)22-3/h4-6,11-12,17,19H,7-10H2,1-3H3. The predicted octanol–water partition coefficient (Wildman–Crippen LogP) is 3.07. The molecule has 1 saturated heterocycles. The van der Waals surface area contributed by atoms with Gasteiger partial charge in [-0.2, -0.15) is 0 Å². The van der Waals surface area contributed by atoms with E-state index in [0.717, 1.165) is 37.7 Å². The number of hydrogen-bond acceptors (Lipinski definition) is 5. The molecule has 5 heteroatoms. The maximum absolute atomic E-state index is 5.51. The average molecular weight is 332 g/mol. The minimum Gasteiger partial charge on any atom is -0.493 e. The van der Waals surface area contributed by atoms with E-state index < -0.39 is 0 Å². The molecule has 1 unspecified atom stereocenters. The Morgan fingerprint density at radius 1 is 1.09 bits per heavy atom. The number of aryl methyl sites for hydroxylation is 1. The van der Waals surface area contributed by atoms with Crippen LogP contribution in [0.2, 0.25) is 0 Å². The van der Waals surface area contributed by atoms with Crippen molar-refractivity contribution >= 4 is 11.3 Å². The van der Waals surface area contributed by atoms with E-state index in [4.69, 9.17) is 9.47 Å². The van der Waals surface area contributed by atoms with Crippen LogP contribution >= 0.6 is 11.3 Å². The van der Waals surface area contributed by atoms with Gasteiger partial charge < -0.3 is 14.8 Å². The van der Waals surface area contributed by atoms with Gasteiger partial charge in [0.25, 0.3) is 0 Å². The molecule has 1 aliphatic heterocycles. The molecule has 1 fully saturated rings. The number of ether oxygens (including phenoxy) is 2. The highest BCUT2D eigenvalue weighted by Crippen LogP contribution is 2.38. The van der Waals surface area contributed by atoms with Crippen LogP contribution < -0.4 is 14.8 Å². The zero-order valence-electron chi connectivity index (χ0n) is 14.0. The fourth-order valence-corrected chi connectivity index (χ4v) is 4.24. The van der Waals surface area contributed by atoms with Gasteiger partial charge in [0.05, 0.1) is 20.3 Å². The quantitative estimate of drug-likeness (QED) is 0.912. The van der Waals surface area contributed by atoms with Gasteiger partial charge in [-0.3, -0.25) is 4.90 Å². The molecular weight excluding hydrogens is 308 g/mol. The smallest absolute Gasteiger partial charge is 0.161 e. The minimum absolute atomic E-state index is 0.275. The first-order chi connectivity index (χ1) is 11.2. The summed E-state index contributed by atoms with van der Waals surface area (Å²) in [5.74, 6) is 1.57. The molecule has 0 amide bonds. The molecule has 23 heavy (non-hydrogen) atoms. The number of nitrogens with one attached hydrogen (secondary N) is 1. The highest BCUT2D eigenvalue weighted by atomic mass is 32.1. The molecule has 1 aromatic carbocycles. The van der Waals surface area contributed by atoms with Crippen molar-refractivity contribution in [3.05, 3.63) is 45.6 Å². The number of rotatable bonds is 5. The van der Waals surface area contributed by atoms with Crippen LogP contribution in [0.4, 0.5) is 0 Å². The summed E-state index contributed by atoms with van der Waals surface area (Å²) in [5, 5.41) is 5.62. The van der Waals surface area contributed by atoms with Crippen molar-refractivity contribution in [3.63, 3.8) is 0 Å². The number of benzene rings is 1. The third-order valence-corrected chi connectivity index (χ3v) is 5.46. The van der Waals surface area contributed by atoms with Crippen molar-refractivity contribution < 1.29 is 9.47 Å². The summed E-state index contributed by atoms with van der Waals surface area (Å²) in [5.41, 5.74) is 2.61. The minimum atomic E-state index is 0.275. The summed E-state index contributed by atoms with van der Waals surface area (Å²) in [6.45, 7) is 6.37. The zero-order chi connectivity index (χ0) is 16.2. The lowest BCUT2D eigenvalue weighted by atomic mass is 10.00. The van der Waals surface area contributed by atoms with Crippen LogP contribution in [0.25, 0.3) is 0 Å². The topological polar surface area (TPSA) is 33.7 Å². The van der Waals surface area contributed by atoms with Crippen LogP contribution in [0.1, 0.15) is 22.0 Å². The molecule has 2 heterocycles. The molecule has 0 spiro atoms. The Labute approximate surface area is 142 Å². The van der Waals surface area contributed by atoms with Gasteiger partial charge in [-0.25, -0.2) is 0 Å². The monoisotopic (exact) mass is 332 g/mol. The molecule has 1 N–H and O–H groups in total. The second-order valence-corrected chi connectivity index (χ2v) is 6.72. The largest absolute Gasteiger partial charge is 0.493 e. The first-order valence-electron chi connectivity index (χ1n) is 7.95. The number of methoxy groups -OCH3 is 2. The lowest BCUT2D eigenvalue weighted by molar-refractivity contribution is 0.200. The van der Waals surface area contributed by atoms with E-state index in [9.17, 15) is 0 Å². The lowest BCUT2D eigenvalue weighted by Gasteiger charge is -2.35. The first kappa shape index (κ1) is 16.3. The first-order valence-corrected chi connectivity index (χ1v) is 8.83. The van der Waals surface area contributed by atoms with E-state index in [1.165, 1.54) is 16.0 Å². The van der Waals surface area contributed by atoms with Crippen LogP contribution in [0, 0.1) is 6.92 Å². The summed E-state index contributed by atoms with van der Waals surface area (Å²) in [6, 6.07) is 8.76. The number of piperazine rings is 1. The molecule has 124 valence electrons. The van der Waals surface area contributed by atoms with Crippen molar-refractivity contribution in [3.8, 4) is 11.5 Å². The maximum atomic E-state index is 5.51. The molecule has 1 aromatic heterocycles. The average Bonchev–Trinajstić information content (AvgIpc) is 3.02. The second-order valence-electron chi connectivity index (χ2n) is 5.77. The van der Waals surface area contributed by atoms with Crippen molar-refractivity contribution in [2.24, 2.45) is 0 Å². The summed E-state index contributed by atoms with van der Waals surface area (Å²) >= 11 is 1.84. The Kier molecular flexibility index (Phi) is 5.20. The van der Waals surface area contributed by atoms with Gasteiger partial charge in [0.1, 0.15) is 0 Å². The fourth-order valence-electron chi connectivity index (χ4n) is 3.16. The third-order valence-electron chi connectivity index (χ3n) is 4.39. The van der Waals surface area contributed by atoms with Gasteiger partial charge in [-0.1, -0.05) is 6.07 Å². The van der Waals surface area contributed by atoms with Crippen molar-refractivity contribution in [1.29, 1.82) is 0 Å². The van der Waals surface area contributed by atoms with E-state index in [1.807, 2.05) is 17.4 Å². The lowest BCUT2D eigenvalue weighted by Crippen LogP contribution is -2.45. The van der Waals surface area contributed by atoms with Crippen molar-refractivity contribution in [2.75, 3.05) is 40.4 Å². The second kappa shape index (κ2) is 7.34. The predicted molar refractivity (Wildman–Crippen MR) is 94.9 cm³/mol. The van der Waals surface area contributed by atoms with Gasteiger partial charge in [0.2, 0.25) is 0 Å². The van der Waals surface area contributed by atoms with Crippen LogP contribution in [0.5, 0.6) is 11.5 Å². The molecule has 3 rings (SSSR count). The maximum Gasteiger partial charge on any atom is 0.161 e. The van der Waals surface area contributed by atoms with Crippen LogP contribution in [0.3, 0.4) is 0 Å². The molecule has 0 aliphatic carbocycles. The van der Waals surface area contributed by atoms with E-state index >= 15 is 0 Å². The Balaban J connectivity index is 2.02. The van der Waals surface area contributed by atoms with Gasteiger partial charge in [0.15, 0.2) is 11.5 Å². The van der Waals surface area contributed by atoms with Gasteiger partial charge >= 0.3 is 0 Å². The van der Waals surface area contributed by atoms with E-state index in [-0.39, 0.29) is 6.04 Å². The summed E-state index contributed by atoms with van der Waals surface area (Å²) in [6.07, 6.45) is 0. The van der Waals surface area contributed by atoms with E-state index in [2.05, 4.69) is 40.7 Å². The van der Waals surface area contributed by atoms with Crippen molar-refractivity contribution in [2.45, 2.75) is 13.0 Å². The molecule has 0 bridgehead atoms. The molecule has 1 atom stereocenters. The van der Waals surface area contributed by atoms with Gasteiger partial charge in [-0.05, 0) is 41.6 Å². The van der Waals surface area contributed by atoms with Crippen LogP contribution in [-0.2, 0) is 0 Å².